The predicted octanol–water partition coefficient (Wildman–Crippen LogP) is 4.80. The molecule has 0 amide bonds. The molecule has 0 aliphatic heterocycles. The molecule has 0 spiro atoms. The van der Waals surface area contributed by atoms with Gasteiger partial charge in [-0.3, -0.25) is 10.1 Å². The van der Waals surface area contributed by atoms with Crippen LogP contribution in [0.4, 0.5) is 28.7 Å². The van der Waals surface area contributed by atoms with Crippen LogP contribution >= 0.6 is 0 Å². The first kappa shape index (κ1) is 17.3. The van der Waals surface area contributed by atoms with Crippen LogP contribution in [0.25, 0.3) is 0 Å². The molecule has 0 unspecified atom stereocenters. The fourth-order valence-corrected chi connectivity index (χ4v) is 2.60. The minimum Gasteiger partial charge on any atom is -0.334 e. The number of aromatic nitrogens is 2. The summed E-state index contributed by atoms with van der Waals surface area (Å²) >= 11 is 0. The SMILES string of the molecule is Cc1nc(Nc2ccccc2C)c([N+](=O)[O-])c(Nc2ccccc2C)n1. The number of benzene rings is 2. The van der Waals surface area contributed by atoms with Crippen LogP contribution < -0.4 is 10.6 Å². The van der Waals surface area contributed by atoms with Crippen molar-refractivity contribution in [2.45, 2.75) is 20.8 Å². The molecule has 0 saturated carbocycles. The number of hydrogen-bond acceptors (Lipinski definition) is 6. The maximum Gasteiger partial charge on any atom is 0.353 e. The van der Waals surface area contributed by atoms with Gasteiger partial charge in [-0.1, -0.05) is 36.4 Å². The molecular weight excluding hydrogens is 330 g/mol. The van der Waals surface area contributed by atoms with E-state index in [1.165, 1.54) is 0 Å². The van der Waals surface area contributed by atoms with Crippen LogP contribution in [-0.4, -0.2) is 14.9 Å². The first-order valence-electron chi connectivity index (χ1n) is 8.14. The number of nitro groups is 1. The van der Waals surface area contributed by atoms with Crippen LogP contribution in [0, 0.1) is 30.9 Å². The van der Waals surface area contributed by atoms with E-state index < -0.39 is 4.92 Å². The van der Waals surface area contributed by atoms with Gasteiger partial charge in [0.1, 0.15) is 5.82 Å². The van der Waals surface area contributed by atoms with Crippen molar-refractivity contribution >= 4 is 28.7 Å². The third-order valence-electron chi connectivity index (χ3n) is 3.97. The molecule has 0 radical (unpaired) electrons. The van der Waals surface area contributed by atoms with Crippen LogP contribution in [0.3, 0.4) is 0 Å². The Kier molecular flexibility index (Phi) is 4.79. The normalized spacial score (nSPS) is 10.4. The number of para-hydroxylation sites is 2. The van der Waals surface area contributed by atoms with Gasteiger partial charge in [0, 0.05) is 11.4 Å². The highest BCUT2D eigenvalue weighted by atomic mass is 16.6. The fourth-order valence-electron chi connectivity index (χ4n) is 2.60. The van der Waals surface area contributed by atoms with Gasteiger partial charge in [-0.2, -0.15) is 0 Å². The molecule has 0 fully saturated rings. The van der Waals surface area contributed by atoms with Gasteiger partial charge in [0.15, 0.2) is 0 Å². The standard InChI is InChI=1S/C19H19N5O2/c1-12-8-4-6-10-15(12)22-18-17(24(25)26)19(21-14(3)20-18)23-16-11-7-5-9-13(16)2/h4-11H,1-3H3,(H2,20,21,22,23). The lowest BCUT2D eigenvalue weighted by Gasteiger charge is -2.13. The first-order chi connectivity index (χ1) is 12.5. The molecule has 0 bridgehead atoms. The molecule has 1 heterocycles. The van der Waals surface area contributed by atoms with Crippen molar-refractivity contribution in [1.82, 2.24) is 9.97 Å². The van der Waals surface area contributed by atoms with Crippen LogP contribution in [0.1, 0.15) is 17.0 Å². The van der Waals surface area contributed by atoms with Gasteiger partial charge in [0.05, 0.1) is 4.92 Å². The number of hydrogen-bond donors (Lipinski definition) is 2. The molecule has 0 saturated heterocycles. The summed E-state index contributed by atoms with van der Waals surface area (Å²) in [6.07, 6.45) is 0. The van der Waals surface area contributed by atoms with Gasteiger partial charge < -0.3 is 10.6 Å². The zero-order valence-corrected chi connectivity index (χ0v) is 14.8. The fraction of sp³-hybridized carbons (Fsp3) is 0.158. The monoisotopic (exact) mass is 349 g/mol. The Morgan fingerprint density at radius 1 is 0.808 bits per heavy atom. The van der Waals surface area contributed by atoms with Gasteiger partial charge in [-0.15, -0.1) is 0 Å². The molecule has 3 aromatic rings. The molecule has 26 heavy (non-hydrogen) atoms. The third kappa shape index (κ3) is 3.61. The Morgan fingerprint density at radius 2 is 1.23 bits per heavy atom. The van der Waals surface area contributed by atoms with E-state index in [2.05, 4.69) is 20.6 Å². The van der Waals surface area contributed by atoms with Crippen molar-refractivity contribution in [3.05, 3.63) is 75.6 Å². The zero-order valence-electron chi connectivity index (χ0n) is 14.8. The number of anilines is 4. The van der Waals surface area contributed by atoms with E-state index in [9.17, 15) is 10.1 Å². The molecule has 2 N–H and O–H groups in total. The van der Waals surface area contributed by atoms with Gasteiger partial charge >= 0.3 is 5.69 Å². The Balaban J connectivity index is 2.08. The summed E-state index contributed by atoms with van der Waals surface area (Å²) < 4.78 is 0. The Hall–Kier alpha value is -3.48. The van der Waals surface area contributed by atoms with Gasteiger partial charge in [0.2, 0.25) is 11.6 Å². The van der Waals surface area contributed by atoms with E-state index in [1.54, 1.807) is 6.92 Å². The van der Waals surface area contributed by atoms with Crippen LogP contribution in [0.2, 0.25) is 0 Å². The summed E-state index contributed by atoms with van der Waals surface area (Å²) in [6.45, 7) is 5.55. The summed E-state index contributed by atoms with van der Waals surface area (Å²) in [5, 5.41) is 17.9. The van der Waals surface area contributed by atoms with Crippen molar-refractivity contribution < 1.29 is 4.92 Å². The summed E-state index contributed by atoms with van der Waals surface area (Å²) in [6, 6.07) is 15.1. The summed E-state index contributed by atoms with van der Waals surface area (Å²) in [5.41, 5.74) is 3.26. The van der Waals surface area contributed by atoms with Gasteiger partial charge in [0.25, 0.3) is 0 Å². The van der Waals surface area contributed by atoms with Crippen LogP contribution in [0.5, 0.6) is 0 Å². The lowest BCUT2D eigenvalue weighted by Crippen LogP contribution is -2.08. The average molecular weight is 349 g/mol. The van der Waals surface area contributed by atoms with Gasteiger partial charge in [-0.25, -0.2) is 9.97 Å². The smallest absolute Gasteiger partial charge is 0.334 e. The number of nitrogens with one attached hydrogen (secondary N) is 2. The molecule has 0 aliphatic carbocycles. The second-order valence-corrected chi connectivity index (χ2v) is 5.95. The molecule has 0 atom stereocenters. The summed E-state index contributed by atoms with van der Waals surface area (Å²) in [4.78, 5) is 19.8. The summed E-state index contributed by atoms with van der Waals surface area (Å²) in [7, 11) is 0. The minimum atomic E-state index is -0.472. The molecular formula is C19H19N5O2. The van der Waals surface area contributed by atoms with E-state index in [0.717, 1.165) is 22.5 Å². The van der Waals surface area contributed by atoms with Crippen molar-refractivity contribution in [2.75, 3.05) is 10.6 Å². The second kappa shape index (κ2) is 7.18. The molecule has 7 heteroatoms. The molecule has 2 aromatic carbocycles. The van der Waals surface area contributed by atoms with Crippen LogP contribution in [-0.2, 0) is 0 Å². The molecule has 7 nitrogen and oxygen atoms in total. The Labute approximate surface area is 151 Å². The lowest BCUT2D eigenvalue weighted by atomic mass is 10.2. The molecule has 132 valence electrons. The Bertz CT molecular complexity index is 903. The average Bonchev–Trinajstić information content (AvgIpc) is 2.58. The highest BCUT2D eigenvalue weighted by Gasteiger charge is 2.25. The quantitative estimate of drug-likeness (QED) is 0.508. The highest BCUT2D eigenvalue weighted by molar-refractivity contribution is 5.78. The largest absolute Gasteiger partial charge is 0.353 e. The summed E-state index contributed by atoms with van der Waals surface area (Å²) in [5.74, 6) is 0.753. The molecule has 0 aliphatic rings. The van der Waals surface area contributed by atoms with Crippen molar-refractivity contribution in [2.24, 2.45) is 0 Å². The van der Waals surface area contributed by atoms with E-state index in [1.807, 2.05) is 62.4 Å². The van der Waals surface area contributed by atoms with E-state index in [4.69, 9.17) is 0 Å². The topological polar surface area (TPSA) is 93.0 Å². The lowest BCUT2D eigenvalue weighted by molar-refractivity contribution is -0.383. The van der Waals surface area contributed by atoms with Crippen molar-refractivity contribution in [1.29, 1.82) is 0 Å². The Morgan fingerprint density at radius 3 is 1.62 bits per heavy atom. The number of nitrogens with zero attached hydrogens (tertiary/aromatic N) is 3. The number of aryl methyl sites for hydroxylation is 3. The molecule has 1 aromatic heterocycles. The van der Waals surface area contributed by atoms with Crippen molar-refractivity contribution in [3.8, 4) is 0 Å². The van der Waals surface area contributed by atoms with Crippen molar-refractivity contribution in [3.63, 3.8) is 0 Å². The first-order valence-corrected chi connectivity index (χ1v) is 8.14. The van der Waals surface area contributed by atoms with Crippen LogP contribution in [0.15, 0.2) is 48.5 Å². The predicted molar refractivity (Wildman–Crippen MR) is 102 cm³/mol. The van der Waals surface area contributed by atoms with Gasteiger partial charge in [-0.05, 0) is 44.0 Å². The second-order valence-electron chi connectivity index (χ2n) is 5.95. The maximum absolute atomic E-state index is 11.7. The third-order valence-corrected chi connectivity index (χ3v) is 3.97. The highest BCUT2D eigenvalue weighted by Crippen LogP contribution is 2.34. The molecule has 3 rings (SSSR count). The van der Waals surface area contributed by atoms with E-state index in [0.29, 0.717) is 5.82 Å². The minimum absolute atomic E-state index is 0.160. The number of rotatable bonds is 5. The maximum atomic E-state index is 11.7. The van der Waals surface area contributed by atoms with E-state index in [-0.39, 0.29) is 17.3 Å². The zero-order chi connectivity index (χ0) is 18.7. The van der Waals surface area contributed by atoms with E-state index >= 15 is 0 Å².